The summed E-state index contributed by atoms with van der Waals surface area (Å²) in [5, 5.41) is 0.896. The van der Waals surface area contributed by atoms with Crippen LogP contribution >= 0.6 is 23.4 Å². The Morgan fingerprint density at radius 1 is 1.00 bits per heavy atom. The lowest BCUT2D eigenvalue weighted by atomic mass is 10.1. The van der Waals surface area contributed by atoms with Crippen LogP contribution in [0.4, 0.5) is 17.1 Å². The predicted octanol–water partition coefficient (Wildman–Crippen LogP) is 5.87. The van der Waals surface area contributed by atoms with Gasteiger partial charge >= 0.3 is 0 Å². The summed E-state index contributed by atoms with van der Waals surface area (Å²) >= 11 is 8.65. The molecule has 0 aromatic heterocycles. The van der Waals surface area contributed by atoms with Gasteiger partial charge in [0.05, 0.1) is 16.4 Å². The molecular formula is C19H21ClN2S. The summed E-state index contributed by atoms with van der Waals surface area (Å²) in [4.78, 5) is 7.30. The lowest BCUT2D eigenvalue weighted by Gasteiger charge is -2.35. The van der Waals surface area contributed by atoms with Gasteiger partial charge in [-0.25, -0.2) is 0 Å². The Kier molecular flexibility index (Phi) is 3.94. The highest BCUT2D eigenvalue weighted by Gasteiger charge is 2.27. The first kappa shape index (κ1) is 15.2. The Bertz CT molecular complexity index is 753. The molecule has 2 aliphatic rings. The molecule has 1 saturated heterocycles. The number of para-hydroxylation sites is 1. The molecule has 120 valence electrons. The Balaban J connectivity index is 1.82. The normalized spacial score (nSPS) is 17.0. The van der Waals surface area contributed by atoms with Gasteiger partial charge in [-0.05, 0) is 49.9 Å². The lowest BCUT2D eigenvalue weighted by molar-refractivity contribution is 0.576. The zero-order valence-corrected chi connectivity index (χ0v) is 15.2. The summed E-state index contributed by atoms with van der Waals surface area (Å²) in [5.41, 5.74) is 4.90. The molecule has 2 aromatic carbocycles. The van der Waals surface area contributed by atoms with Crippen molar-refractivity contribution in [2.45, 2.75) is 36.0 Å². The first-order chi connectivity index (χ1) is 11.2. The summed E-state index contributed by atoms with van der Waals surface area (Å²) in [6, 6.07) is 10.9. The average Bonchev–Trinajstić information content (AvgIpc) is 2.59. The second-order valence-electron chi connectivity index (χ2n) is 6.36. The third-order valence-electron chi connectivity index (χ3n) is 4.90. The monoisotopic (exact) mass is 344 g/mol. The van der Waals surface area contributed by atoms with Gasteiger partial charge in [0.15, 0.2) is 0 Å². The van der Waals surface area contributed by atoms with Crippen molar-refractivity contribution in [1.82, 2.24) is 0 Å². The van der Waals surface area contributed by atoms with E-state index in [9.17, 15) is 0 Å². The Morgan fingerprint density at radius 2 is 1.74 bits per heavy atom. The molecule has 4 rings (SSSR count). The third-order valence-corrected chi connectivity index (χ3v) is 6.46. The molecule has 2 aliphatic heterocycles. The molecule has 23 heavy (non-hydrogen) atoms. The number of anilines is 3. The quantitative estimate of drug-likeness (QED) is 0.638. The number of hydrogen-bond donors (Lipinski definition) is 0. The van der Waals surface area contributed by atoms with E-state index >= 15 is 0 Å². The second kappa shape index (κ2) is 5.95. The fourth-order valence-corrected chi connectivity index (χ4v) is 5.19. The molecule has 0 aliphatic carbocycles. The number of piperidine rings is 1. The molecule has 0 N–H and O–H groups in total. The Morgan fingerprint density at radius 3 is 2.52 bits per heavy atom. The largest absolute Gasteiger partial charge is 0.371 e. The summed E-state index contributed by atoms with van der Waals surface area (Å²) < 4.78 is 0. The molecule has 0 unspecified atom stereocenters. The maximum absolute atomic E-state index is 6.82. The molecule has 2 heterocycles. The molecule has 2 aromatic rings. The fourth-order valence-electron chi connectivity index (χ4n) is 3.61. The average molecular weight is 345 g/mol. The Hall–Kier alpha value is -1.32. The van der Waals surface area contributed by atoms with Crippen LogP contribution < -0.4 is 9.80 Å². The van der Waals surface area contributed by atoms with Gasteiger partial charge in [0.1, 0.15) is 0 Å². The smallest absolute Gasteiger partial charge is 0.0743 e. The highest BCUT2D eigenvalue weighted by molar-refractivity contribution is 7.99. The van der Waals surface area contributed by atoms with E-state index in [1.165, 1.54) is 46.0 Å². The fraction of sp³-hybridized carbons (Fsp3) is 0.368. The molecule has 0 saturated carbocycles. The maximum atomic E-state index is 6.82. The van der Waals surface area contributed by atoms with Crippen LogP contribution in [0.2, 0.25) is 5.02 Å². The van der Waals surface area contributed by atoms with E-state index in [2.05, 4.69) is 54.1 Å². The summed E-state index contributed by atoms with van der Waals surface area (Å²) in [5.74, 6) is 0. The van der Waals surface area contributed by atoms with Gasteiger partial charge in [-0.15, -0.1) is 0 Å². The van der Waals surface area contributed by atoms with E-state index < -0.39 is 0 Å². The van der Waals surface area contributed by atoms with E-state index in [4.69, 9.17) is 11.6 Å². The van der Waals surface area contributed by atoms with Crippen molar-refractivity contribution < 1.29 is 0 Å². The van der Waals surface area contributed by atoms with Crippen LogP contribution in [0, 0.1) is 6.92 Å². The van der Waals surface area contributed by atoms with Crippen molar-refractivity contribution in [1.29, 1.82) is 0 Å². The molecule has 1 fully saturated rings. The Labute approximate surface area is 147 Å². The van der Waals surface area contributed by atoms with Gasteiger partial charge < -0.3 is 9.80 Å². The van der Waals surface area contributed by atoms with Crippen LogP contribution in [-0.2, 0) is 0 Å². The van der Waals surface area contributed by atoms with Gasteiger partial charge in [0.25, 0.3) is 0 Å². The summed E-state index contributed by atoms with van der Waals surface area (Å²) in [7, 11) is 2.11. The van der Waals surface area contributed by atoms with Crippen LogP contribution in [-0.4, -0.2) is 20.1 Å². The first-order valence-corrected chi connectivity index (χ1v) is 9.45. The molecule has 0 radical (unpaired) electrons. The van der Waals surface area contributed by atoms with E-state index in [-0.39, 0.29) is 0 Å². The maximum Gasteiger partial charge on any atom is 0.0743 e. The van der Waals surface area contributed by atoms with Crippen molar-refractivity contribution in [2.24, 2.45) is 0 Å². The summed E-state index contributed by atoms with van der Waals surface area (Å²) in [6.45, 7) is 4.45. The number of rotatable bonds is 1. The van der Waals surface area contributed by atoms with E-state index in [1.807, 2.05) is 11.8 Å². The van der Waals surface area contributed by atoms with Gasteiger partial charge in [0.2, 0.25) is 0 Å². The number of benzene rings is 2. The van der Waals surface area contributed by atoms with Crippen molar-refractivity contribution in [3.8, 4) is 0 Å². The topological polar surface area (TPSA) is 6.48 Å². The SMILES string of the molecule is Cc1c(N2CCCCC2)cc2c(c1Cl)N(C)c1ccccc1S2. The van der Waals surface area contributed by atoms with Crippen molar-refractivity contribution in [2.75, 3.05) is 29.9 Å². The first-order valence-electron chi connectivity index (χ1n) is 8.25. The minimum atomic E-state index is 0.896. The lowest BCUT2D eigenvalue weighted by Crippen LogP contribution is -2.30. The molecule has 2 nitrogen and oxygen atoms in total. The molecule has 0 spiro atoms. The van der Waals surface area contributed by atoms with Crippen LogP contribution in [0.25, 0.3) is 0 Å². The molecular weight excluding hydrogens is 324 g/mol. The zero-order chi connectivity index (χ0) is 16.0. The van der Waals surface area contributed by atoms with E-state index in [0.717, 1.165) is 23.8 Å². The van der Waals surface area contributed by atoms with Gasteiger partial charge in [0, 0.05) is 35.6 Å². The van der Waals surface area contributed by atoms with Crippen LogP contribution in [0.1, 0.15) is 24.8 Å². The van der Waals surface area contributed by atoms with Crippen molar-refractivity contribution in [3.63, 3.8) is 0 Å². The van der Waals surface area contributed by atoms with E-state index in [1.54, 1.807) is 0 Å². The number of fused-ring (bicyclic) bond motifs is 2. The summed E-state index contributed by atoms with van der Waals surface area (Å²) in [6.07, 6.45) is 3.91. The highest BCUT2D eigenvalue weighted by atomic mass is 35.5. The highest BCUT2D eigenvalue weighted by Crippen LogP contribution is 2.52. The van der Waals surface area contributed by atoms with Gasteiger partial charge in [-0.1, -0.05) is 35.5 Å². The third kappa shape index (κ3) is 2.50. The molecule has 4 heteroatoms. The number of nitrogens with zero attached hydrogens (tertiary/aromatic N) is 2. The predicted molar refractivity (Wildman–Crippen MR) is 101 cm³/mol. The van der Waals surface area contributed by atoms with Crippen molar-refractivity contribution in [3.05, 3.63) is 40.9 Å². The van der Waals surface area contributed by atoms with E-state index in [0.29, 0.717) is 0 Å². The molecule has 0 atom stereocenters. The van der Waals surface area contributed by atoms with Crippen LogP contribution in [0.15, 0.2) is 40.1 Å². The number of halogens is 1. The standard InChI is InChI=1S/C19H21ClN2S/c1-13-15(22-10-6-3-7-11-22)12-17-19(18(13)20)21(2)14-8-4-5-9-16(14)23-17/h4-5,8-9,12H,3,6-7,10-11H2,1-2H3. The van der Waals surface area contributed by atoms with Crippen LogP contribution in [0.5, 0.6) is 0 Å². The van der Waals surface area contributed by atoms with Crippen molar-refractivity contribution >= 4 is 40.4 Å². The van der Waals surface area contributed by atoms with Gasteiger partial charge in [-0.3, -0.25) is 0 Å². The molecule has 0 bridgehead atoms. The minimum Gasteiger partial charge on any atom is -0.371 e. The number of hydrogen-bond acceptors (Lipinski definition) is 3. The molecule has 0 amide bonds. The second-order valence-corrected chi connectivity index (χ2v) is 7.82. The minimum absolute atomic E-state index is 0.896. The van der Waals surface area contributed by atoms with Crippen LogP contribution in [0.3, 0.4) is 0 Å². The van der Waals surface area contributed by atoms with Gasteiger partial charge in [-0.2, -0.15) is 0 Å². The zero-order valence-electron chi connectivity index (χ0n) is 13.6.